The minimum Gasteiger partial charge on any atom is -0.296 e. The molecule has 0 N–H and O–H groups in total. The van der Waals surface area contributed by atoms with Gasteiger partial charge in [-0.05, 0) is 18.3 Å². The van der Waals surface area contributed by atoms with E-state index in [-0.39, 0.29) is 11.2 Å². The molecule has 0 aromatic heterocycles. The molecular formula is C8H13FO. The van der Waals surface area contributed by atoms with Crippen LogP contribution >= 0.6 is 0 Å². The first-order valence-electron chi connectivity index (χ1n) is 3.68. The Morgan fingerprint density at radius 3 is 2.60 bits per heavy atom. The van der Waals surface area contributed by atoms with Gasteiger partial charge in [0.05, 0.1) is 0 Å². The number of Topliss-reactive ketones (excluding diaryl/α,β-unsaturated/α-hetero) is 1. The van der Waals surface area contributed by atoms with E-state index < -0.39 is 6.17 Å². The molecule has 10 heavy (non-hydrogen) atoms. The van der Waals surface area contributed by atoms with Gasteiger partial charge in [0.2, 0.25) is 0 Å². The summed E-state index contributed by atoms with van der Waals surface area (Å²) in [6, 6.07) is 0. The smallest absolute Gasteiger partial charge is 0.166 e. The molecule has 0 saturated heterocycles. The van der Waals surface area contributed by atoms with Crippen LogP contribution in [0, 0.1) is 5.41 Å². The van der Waals surface area contributed by atoms with Gasteiger partial charge in [-0.25, -0.2) is 4.39 Å². The van der Waals surface area contributed by atoms with Crippen LogP contribution < -0.4 is 0 Å². The normalized spacial score (nSPS) is 32.3. The molecule has 0 bridgehead atoms. The highest BCUT2D eigenvalue weighted by Crippen LogP contribution is 2.34. The minimum absolute atomic E-state index is 0.0350. The molecule has 0 radical (unpaired) electrons. The van der Waals surface area contributed by atoms with Gasteiger partial charge in [-0.3, -0.25) is 4.79 Å². The summed E-state index contributed by atoms with van der Waals surface area (Å²) in [5.41, 5.74) is 0.0350. The molecule has 1 atom stereocenters. The van der Waals surface area contributed by atoms with Crippen molar-refractivity contribution in [3.05, 3.63) is 0 Å². The Bertz CT molecular complexity index is 151. The second kappa shape index (κ2) is 2.33. The lowest BCUT2D eigenvalue weighted by Crippen LogP contribution is -2.30. The van der Waals surface area contributed by atoms with Gasteiger partial charge in [0.1, 0.15) is 0 Å². The van der Waals surface area contributed by atoms with Crippen molar-refractivity contribution in [2.24, 2.45) is 5.41 Å². The van der Waals surface area contributed by atoms with Crippen LogP contribution in [0.25, 0.3) is 0 Å². The third-order valence-electron chi connectivity index (χ3n) is 2.13. The van der Waals surface area contributed by atoms with Gasteiger partial charge in [-0.2, -0.15) is 0 Å². The molecule has 58 valence electrons. The number of carbonyl (C=O) groups excluding carboxylic acids is 1. The van der Waals surface area contributed by atoms with Crippen molar-refractivity contribution in [3.8, 4) is 0 Å². The Kier molecular flexibility index (Phi) is 1.80. The van der Waals surface area contributed by atoms with E-state index in [2.05, 4.69) is 0 Å². The van der Waals surface area contributed by atoms with Crippen molar-refractivity contribution < 1.29 is 9.18 Å². The fourth-order valence-electron chi connectivity index (χ4n) is 1.32. The number of hydrogen-bond donors (Lipinski definition) is 0. The second-order valence-electron chi connectivity index (χ2n) is 3.80. The van der Waals surface area contributed by atoms with Crippen LogP contribution in [0.15, 0.2) is 0 Å². The Labute approximate surface area is 60.6 Å². The van der Waals surface area contributed by atoms with Gasteiger partial charge in [0.25, 0.3) is 0 Å². The molecule has 1 rings (SSSR count). The molecule has 0 unspecified atom stereocenters. The summed E-state index contributed by atoms with van der Waals surface area (Å²) in [4.78, 5) is 10.7. The average molecular weight is 144 g/mol. The molecule has 1 aliphatic carbocycles. The third-order valence-corrected chi connectivity index (χ3v) is 2.13. The summed E-state index contributed by atoms with van der Waals surface area (Å²) in [6.45, 7) is 4.01. The molecule has 0 aromatic carbocycles. The standard InChI is InChI=1S/C8H13FO/c1-8(2)4-3-7(10)6(9)5-8/h6H,3-5H2,1-2H3/t6-/m0/s1. The SMILES string of the molecule is CC1(C)CCC(=O)[C@@H](F)C1. The van der Waals surface area contributed by atoms with Crippen molar-refractivity contribution in [3.63, 3.8) is 0 Å². The summed E-state index contributed by atoms with van der Waals surface area (Å²) in [6.07, 6.45) is 0.482. The zero-order valence-electron chi connectivity index (χ0n) is 6.48. The number of carbonyl (C=O) groups is 1. The maximum absolute atomic E-state index is 12.7. The number of alkyl halides is 1. The molecule has 0 aliphatic heterocycles. The molecule has 1 aliphatic rings. The summed E-state index contributed by atoms with van der Waals surface area (Å²) < 4.78 is 12.7. The van der Waals surface area contributed by atoms with Crippen LogP contribution in [0.4, 0.5) is 4.39 Å². The van der Waals surface area contributed by atoms with E-state index in [0.29, 0.717) is 12.8 Å². The first kappa shape index (κ1) is 7.70. The minimum atomic E-state index is -1.19. The molecule has 0 heterocycles. The molecule has 0 amide bonds. The summed E-state index contributed by atoms with van der Waals surface area (Å²) >= 11 is 0. The Morgan fingerprint density at radius 1 is 1.60 bits per heavy atom. The summed E-state index contributed by atoms with van der Waals surface area (Å²) in [5.74, 6) is -0.209. The monoisotopic (exact) mass is 144 g/mol. The van der Waals surface area contributed by atoms with Crippen LogP contribution in [-0.4, -0.2) is 12.0 Å². The van der Waals surface area contributed by atoms with Crippen LogP contribution in [-0.2, 0) is 4.79 Å². The topological polar surface area (TPSA) is 17.1 Å². The van der Waals surface area contributed by atoms with Crippen molar-refractivity contribution >= 4 is 5.78 Å². The predicted molar refractivity (Wildman–Crippen MR) is 37.5 cm³/mol. The molecular weight excluding hydrogens is 131 g/mol. The summed E-state index contributed by atoms with van der Waals surface area (Å²) in [7, 11) is 0. The molecule has 1 nitrogen and oxygen atoms in total. The highest BCUT2D eigenvalue weighted by atomic mass is 19.1. The van der Waals surface area contributed by atoms with Crippen molar-refractivity contribution in [1.82, 2.24) is 0 Å². The lowest BCUT2D eigenvalue weighted by atomic mass is 9.76. The van der Waals surface area contributed by atoms with Crippen LogP contribution in [0.5, 0.6) is 0 Å². The zero-order valence-corrected chi connectivity index (χ0v) is 6.48. The molecule has 1 saturated carbocycles. The average Bonchev–Trinajstić information content (AvgIpc) is 1.79. The van der Waals surface area contributed by atoms with Gasteiger partial charge in [0, 0.05) is 6.42 Å². The predicted octanol–water partition coefficient (Wildman–Crippen LogP) is 2.10. The van der Waals surface area contributed by atoms with Crippen molar-refractivity contribution in [1.29, 1.82) is 0 Å². The third kappa shape index (κ3) is 1.55. The van der Waals surface area contributed by atoms with Crippen molar-refractivity contribution in [2.45, 2.75) is 39.3 Å². The summed E-state index contributed by atoms with van der Waals surface area (Å²) in [5, 5.41) is 0. The number of hydrogen-bond acceptors (Lipinski definition) is 1. The van der Waals surface area contributed by atoms with Gasteiger partial charge in [-0.1, -0.05) is 13.8 Å². The highest BCUT2D eigenvalue weighted by Gasteiger charge is 2.33. The van der Waals surface area contributed by atoms with Crippen LogP contribution in [0.2, 0.25) is 0 Å². The van der Waals surface area contributed by atoms with Gasteiger partial charge in [0.15, 0.2) is 12.0 Å². The molecule has 0 aromatic rings. The van der Waals surface area contributed by atoms with E-state index in [1.54, 1.807) is 0 Å². The number of rotatable bonds is 0. The Balaban J connectivity index is 2.57. The van der Waals surface area contributed by atoms with Gasteiger partial charge in [-0.15, -0.1) is 0 Å². The fourth-order valence-corrected chi connectivity index (χ4v) is 1.32. The van der Waals surface area contributed by atoms with E-state index in [1.165, 1.54) is 0 Å². The first-order valence-corrected chi connectivity index (χ1v) is 3.68. The first-order chi connectivity index (χ1) is 4.51. The maximum Gasteiger partial charge on any atom is 0.166 e. The maximum atomic E-state index is 12.7. The van der Waals surface area contributed by atoms with Gasteiger partial charge >= 0.3 is 0 Å². The van der Waals surface area contributed by atoms with E-state index in [9.17, 15) is 9.18 Å². The van der Waals surface area contributed by atoms with Crippen molar-refractivity contribution in [2.75, 3.05) is 0 Å². The second-order valence-corrected chi connectivity index (χ2v) is 3.80. The zero-order chi connectivity index (χ0) is 7.78. The quantitative estimate of drug-likeness (QED) is 0.509. The highest BCUT2D eigenvalue weighted by molar-refractivity contribution is 5.83. The Morgan fingerprint density at radius 2 is 2.20 bits per heavy atom. The lowest BCUT2D eigenvalue weighted by Gasteiger charge is -2.30. The largest absolute Gasteiger partial charge is 0.296 e. The van der Waals surface area contributed by atoms with Gasteiger partial charge < -0.3 is 0 Å². The van der Waals surface area contributed by atoms with Crippen LogP contribution in [0.3, 0.4) is 0 Å². The molecule has 0 spiro atoms. The lowest BCUT2D eigenvalue weighted by molar-refractivity contribution is -0.128. The Hall–Kier alpha value is -0.400. The van der Waals surface area contributed by atoms with E-state index in [4.69, 9.17) is 0 Å². The van der Waals surface area contributed by atoms with E-state index in [0.717, 1.165) is 6.42 Å². The molecule has 2 heteroatoms. The van der Waals surface area contributed by atoms with E-state index >= 15 is 0 Å². The van der Waals surface area contributed by atoms with Crippen LogP contribution in [0.1, 0.15) is 33.1 Å². The fraction of sp³-hybridized carbons (Fsp3) is 0.875. The van der Waals surface area contributed by atoms with E-state index in [1.807, 2.05) is 13.8 Å². The number of ketones is 1. The number of halogens is 1. The molecule has 1 fully saturated rings.